The van der Waals surface area contributed by atoms with Gasteiger partial charge in [0.2, 0.25) is 15.0 Å². The molecule has 17 heavy (non-hydrogen) atoms. The smallest absolute Gasteiger partial charge is 0.248 e. The molecule has 0 spiro atoms. The molecule has 7 heteroatoms. The van der Waals surface area contributed by atoms with Gasteiger partial charge in [-0.3, -0.25) is 0 Å². The van der Waals surface area contributed by atoms with Crippen molar-refractivity contribution in [2.75, 3.05) is 11.6 Å². The Labute approximate surface area is 109 Å². The lowest BCUT2D eigenvalue weighted by Gasteiger charge is -2.14. The highest BCUT2D eigenvalue weighted by molar-refractivity contribution is 9.10. The maximum absolute atomic E-state index is 11.4. The van der Waals surface area contributed by atoms with Gasteiger partial charge in [0, 0.05) is 18.5 Å². The molecule has 1 aromatic heterocycles. The number of aromatic nitrogens is 2. The van der Waals surface area contributed by atoms with Crippen molar-refractivity contribution in [3.8, 4) is 0 Å². The molecule has 0 unspecified atom stereocenters. The molecule has 1 heterocycles. The van der Waals surface area contributed by atoms with Crippen LogP contribution in [-0.4, -0.2) is 30.7 Å². The molecule has 1 N–H and O–H groups in total. The van der Waals surface area contributed by atoms with Gasteiger partial charge < -0.3 is 5.32 Å². The molecule has 5 nitrogen and oxygen atoms in total. The number of hydrogen-bond acceptors (Lipinski definition) is 5. The van der Waals surface area contributed by atoms with E-state index in [1.807, 2.05) is 0 Å². The summed E-state index contributed by atoms with van der Waals surface area (Å²) in [4.78, 5) is 7.85. The molecule has 1 aliphatic rings. The van der Waals surface area contributed by atoms with Gasteiger partial charge in [0.15, 0.2) is 0 Å². The average Bonchev–Trinajstić information content (AvgIpc) is 2.72. The van der Waals surface area contributed by atoms with E-state index >= 15 is 0 Å². The molecule has 1 saturated carbocycles. The number of halogens is 1. The van der Waals surface area contributed by atoms with Crippen molar-refractivity contribution < 1.29 is 8.42 Å². The fourth-order valence-corrected chi connectivity index (χ4v) is 2.70. The molecule has 1 aliphatic carbocycles. The van der Waals surface area contributed by atoms with Gasteiger partial charge in [0.1, 0.15) is 5.82 Å². The number of hydrogen-bond donors (Lipinski definition) is 1. The topological polar surface area (TPSA) is 72.0 Å². The lowest BCUT2D eigenvalue weighted by atomic mass is 10.2. The Kier molecular flexibility index (Phi) is 3.67. The van der Waals surface area contributed by atoms with Gasteiger partial charge in [-0.2, -0.15) is 4.98 Å². The molecule has 0 amide bonds. The highest BCUT2D eigenvalue weighted by Gasteiger charge is 2.18. The molecule has 1 aromatic rings. The maximum Gasteiger partial charge on any atom is 0.248 e. The molecule has 0 radical (unpaired) electrons. The first-order valence-electron chi connectivity index (χ1n) is 5.46. The summed E-state index contributed by atoms with van der Waals surface area (Å²) in [6.45, 7) is 0. The third-order valence-electron chi connectivity index (χ3n) is 2.75. The van der Waals surface area contributed by atoms with Crippen LogP contribution >= 0.6 is 15.9 Å². The van der Waals surface area contributed by atoms with Crippen LogP contribution in [0.5, 0.6) is 0 Å². The summed E-state index contributed by atoms with van der Waals surface area (Å²) in [7, 11) is -3.36. The van der Waals surface area contributed by atoms with Crippen LogP contribution in [0.4, 0.5) is 5.82 Å². The van der Waals surface area contributed by atoms with Crippen LogP contribution in [0.3, 0.4) is 0 Å². The monoisotopic (exact) mass is 319 g/mol. The molecule has 1 fully saturated rings. The van der Waals surface area contributed by atoms with E-state index in [2.05, 4.69) is 31.2 Å². The first-order valence-corrected chi connectivity index (χ1v) is 8.14. The van der Waals surface area contributed by atoms with Crippen molar-refractivity contribution >= 4 is 31.6 Å². The number of nitrogens with one attached hydrogen (secondary N) is 1. The fourth-order valence-electron chi connectivity index (χ4n) is 1.89. The van der Waals surface area contributed by atoms with E-state index in [1.165, 1.54) is 19.0 Å². The highest BCUT2D eigenvalue weighted by atomic mass is 79.9. The molecule has 0 bridgehead atoms. The number of rotatable bonds is 3. The van der Waals surface area contributed by atoms with Gasteiger partial charge in [-0.25, -0.2) is 13.4 Å². The summed E-state index contributed by atoms with van der Waals surface area (Å²) in [5.74, 6) is 0.562. The SMILES string of the molecule is CS(=O)(=O)c1ncc(Br)c(NC2CCCC2)n1. The van der Waals surface area contributed by atoms with Gasteiger partial charge in [-0.05, 0) is 28.8 Å². The zero-order valence-electron chi connectivity index (χ0n) is 9.48. The Bertz CT molecular complexity index is 512. The number of sulfone groups is 1. The maximum atomic E-state index is 11.4. The largest absolute Gasteiger partial charge is 0.366 e. The second-order valence-electron chi connectivity index (χ2n) is 4.25. The second-order valence-corrected chi connectivity index (χ2v) is 7.01. The van der Waals surface area contributed by atoms with Crippen LogP contribution < -0.4 is 5.32 Å². The molecule has 2 rings (SSSR count). The van der Waals surface area contributed by atoms with E-state index < -0.39 is 9.84 Å². The lowest BCUT2D eigenvalue weighted by molar-refractivity contribution is 0.592. The van der Waals surface area contributed by atoms with Gasteiger partial charge in [-0.15, -0.1) is 0 Å². The lowest BCUT2D eigenvalue weighted by Crippen LogP contribution is -2.17. The Morgan fingerprint density at radius 2 is 2.06 bits per heavy atom. The summed E-state index contributed by atoms with van der Waals surface area (Å²) < 4.78 is 23.4. The Morgan fingerprint density at radius 1 is 1.41 bits per heavy atom. The van der Waals surface area contributed by atoms with Crippen molar-refractivity contribution in [3.63, 3.8) is 0 Å². The Morgan fingerprint density at radius 3 is 2.65 bits per heavy atom. The van der Waals surface area contributed by atoms with Gasteiger partial charge in [0.25, 0.3) is 0 Å². The predicted octanol–water partition coefficient (Wildman–Crippen LogP) is 2.00. The van der Waals surface area contributed by atoms with E-state index in [4.69, 9.17) is 0 Å². The van der Waals surface area contributed by atoms with Gasteiger partial charge >= 0.3 is 0 Å². The first-order chi connectivity index (χ1) is 7.97. The summed E-state index contributed by atoms with van der Waals surface area (Å²) in [6.07, 6.45) is 7.20. The van der Waals surface area contributed by atoms with Crippen molar-refractivity contribution in [2.24, 2.45) is 0 Å². The summed E-state index contributed by atoms with van der Waals surface area (Å²) >= 11 is 3.32. The predicted molar refractivity (Wildman–Crippen MR) is 68.7 cm³/mol. The van der Waals surface area contributed by atoms with Crippen LogP contribution in [0.1, 0.15) is 25.7 Å². The number of anilines is 1. The molecular weight excluding hydrogens is 306 g/mol. The molecule has 0 atom stereocenters. The molecular formula is C10H14BrN3O2S. The van der Waals surface area contributed by atoms with E-state index in [1.54, 1.807) is 0 Å². The molecule has 94 valence electrons. The average molecular weight is 320 g/mol. The van der Waals surface area contributed by atoms with Crippen LogP contribution in [0.2, 0.25) is 0 Å². The molecule has 0 aliphatic heterocycles. The van der Waals surface area contributed by atoms with Crippen LogP contribution in [0.15, 0.2) is 15.8 Å². The highest BCUT2D eigenvalue weighted by Crippen LogP contribution is 2.26. The van der Waals surface area contributed by atoms with Gasteiger partial charge in [-0.1, -0.05) is 12.8 Å². The third-order valence-corrected chi connectivity index (χ3v) is 4.19. The van der Waals surface area contributed by atoms with Crippen LogP contribution in [0, 0.1) is 0 Å². The van der Waals surface area contributed by atoms with Crippen LogP contribution in [-0.2, 0) is 9.84 Å². The minimum atomic E-state index is -3.36. The van der Waals surface area contributed by atoms with E-state index in [0.29, 0.717) is 16.3 Å². The van der Waals surface area contributed by atoms with Crippen molar-refractivity contribution in [1.29, 1.82) is 0 Å². The van der Waals surface area contributed by atoms with Crippen LogP contribution in [0.25, 0.3) is 0 Å². The fraction of sp³-hybridized carbons (Fsp3) is 0.600. The van der Waals surface area contributed by atoms with Gasteiger partial charge in [0.05, 0.1) is 4.47 Å². The third kappa shape index (κ3) is 3.16. The minimum Gasteiger partial charge on any atom is -0.366 e. The Balaban J connectivity index is 2.26. The number of nitrogens with zero attached hydrogens (tertiary/aromatic N) is 2. The quantitative estimate of drug-likeness (QED) is 0.863. The summed E-state index contributed by atoms with van der Waals surface area (Å²) in [5, 5.41) is 3.12. The summed E-state index contributed by atoms with van der Waals surface area (Å²) in [6, 6.07) is 0.383. The van der Waals surface area contributed by atoms with E-state index in [0.717, 1.165) is 19.1 Å². The Hall–Kier alpha value is -0.690. The van der Waals surface area contributed by atoms with Crippen molar-refractivity contribution in [2.45, 2.75) is 36.9 Å². The normalized spacial score (nSPS) is 17.3. The van der Waals surface area contributed by atoms with Crippen molar-refractivity contribution in [1.82, 2.24) is 9.97 Å². The van der Waals surface area contributed by atoms with E-state index in [-0.39, 0.29) is 5.16 Å². The minimum absolute atomic E-state index is 0.138. The van der Waals surface area contributed by atoms with Crippen molar-refractivity contribution in [3.05, 3.63) is 10.7 Å². The zero-order chi connectivity index (χ0) is 12.5. The first kappa shape index (κ1) is 12.8. The van der Waals surface area contributed by atoms with E-state index in [9.17, 15) is 8.42 Å². The summed E-state index contributed by atoms with van der Waals surface area (Å²) in [5.41, 5.74) is 0. The second kappa shape index (κ2) is 4.89. The molecule has 0 saturated heterocycles. The molecule has 0 aromatic carbocycles. The standard InChI is InChI=1S/C10H14BrN3O2S/c1-17(15,16)10-12-6-8(11)9(14-10)13-7-4-2-3-5-7/h6-7H,2-5H2,1H3,(H,12,13,14). The zero-order valence-corrected chi connectivity index (χ0v) is 11.9.